The molecule has 0 aliphatic carbocycles. The molecule has 0 saturated carbocycles. The fourth-order valence-corrected chi connectivity index (χ4v) is 6.28. The van der Waals surface area contributed by atoms with Crippen LogP contribution in [0.4, 0.5) is 0 Å². The molecule has 2 heterocycles. The summed E-state index contributed by atoms with van der Waals surface area (Å²) in [5.41, 5.74) is 0.541. The molecule has 1 aliphatic heterocycles. The molecular formula is C15H19IN4O2. The number of amides is 1. The second-order valence-corrected chi connectivity index (χ2v) is 10.3. The van der Waals surface area contributed by atoms with E-state index in [1.165, 1.54) is 0 Å². The van der Waals surface area contributed by atoms with E-state index in [2.05, 4.69) is 23.3 Å². The van der Waals surface area contributed by atoms with Crippen LogP contribution < -0.4 is 10.9 Å². The van der Waals surface area contributed by atoms with E-state index in [0.717, 1.165) is 17.6 Å². The monoisotopic (exact) mass is 414 g/mol. The number of alkyl halides is 2. The predicted molar refractivity (Wildman–Crippen MR) is 95.2 cm³/mol. The maximum absolute atomic E-state index is 12.3. The van der Waals surface area contributed by atoms with Crippen LogP contribution in [0.5, 0.6) is 0 Å². The van der Waals surface area contributed by atoms with E-state index in [1.807, 2.05) is 18.2 Å². The van der Waals surface area contributed by atoms with E-state index >= 15 is 0 Å². The fourth-order valence-electron chi connectivity index (χ4n) is 2.48. The topological polar surface area (TPSA) is 78.1 Å². The molecule has 0 atom stereocenters. The van der Waals surface area contributed by atoms with Crippen LogP contribution in [-0.2, 0) is 11.2 Å². The van der Waals surface area contributed by atoms with Gasteiger partial charge in [-0.1, -0.05) is 0 Å². The quantitative estimate of drug-likeness (QED) is 0.344. The molecule has 2 N–H and O–H groups in total. The van der Waals surface area contributed by atoms with Gasteiger partial charge >= 0.3 is 136 Å². The number of hydrogen-bond donors (Lipinski definition) is 2. The van der Waals surface area contributed by atoms with Crippen LogP contribution >= 0.6 is 20.1 Å². The number of carbonyl (C=O) groups is 1. The Kier molecular flexibility index (Phi) is 4.72. The summed E-state index contributed by atoms with van der Waals surface area (Å²) in [6, 6.07) is 7.25. The Hall–Kier alpha value is -1.48. The van der Waals surface area contributed by atoms with Crippen LogP contribution in [0, 0.1) is 0 Å². The van der Waals surface area contributed by atoms with E-state index in [0.29, 0.717) is 29.6 Å². The Balaban J connectivity index is 1.71. The summed E-state index contributed by atoms with van der Waals surface area (Å²) in [6.07, 6.45) is 0.885. The number of aromatic nitrogens is 2. The number of para-hydroxylation sites is 1. The van der Waals surface area contributed by atoms with E-state index in [9.17, 15) is 9.59 Å². The maximum atomic E-state index is 12.3. The number of aromatic amines is 1. The average molecular weight is 414 g/mol. The zero-order valence-electron chi connectivity index (χ0n) is 12.4. The summed E-state index contributed by atoms with van der Waals surface area (Å²) in [5.74, 6) is 0.772. The van der Waals surface area contributed by atoms with Crippen LogP contribution in [0.15, 0.2) is 29.1 Å². The molecule has 1 amide bonds. The number of carbonyl (C=O) groups excluding carboxylic acids is 1. The molecule has 0 bridgehead atoms. The fraction of sp³-hybridized carbons (Fsp3) is 0.400. The van der Waals surface area contributed by atoms with Gasteiger partial charge in [0.2, 0.25) is 0 Å². The van der Waals surface area contributed by atoms with Crippen LogP contribution in [0.1, 0.15) is 12.2 Å². The zero-order chi connectivity index (χ0) is 15.5. The Morgan fingerprint density at radius 1 is 1.41 bits per heavy atom. The van der Waals surface area contributed by atoms with Gasteiger partial charge in [-0.2, -0.15) is 0 Å². The van der Waals surface area contributed by atoms with E-state index in [-0.39, 0.29) is 11.5 Å². The molecule has 1 aromatic heterocycles. The summed E-state index contributed by atoms with van der Waals surface area (Å²) < 4.78 is 3.04. The molecule has 118 valence electrons. The number of rotatable bonds is 3. The van der Waals surface area contributed by atoms with Gasteiger partial charge in [0.25, 0.3) is 0 Å². The molecule has 7 heteroatoms. The zero-order valence-corrected chi connectivity index (χ0v) is 14.6. The number of nitrogens with one attached hydrogen (secondary N) is 2. The van der Waals surface area contributed by atoms with E-state index in [4.69, 9.17) is 0 Å². The number of fused-ring (bicyclic) bond motifs is 1. The molecule has 0 radical (unpaired) electrons. The SMILES string of the molecule is CI1CNCCN1C(=O)CCc1nc2ccccc2c(=O)[nH]1. The van der Waals surface area contributed by atoms with Crippen molar-refractivity contribution in [2.75, 3.05) is 22.6 Å². The van der Waals surface area contributed by atoms with Gasteiger partial charge in [0, 0.05) is 0 Å². The molecule has 6 nitrogen and oxygen atoms in total. The van der Waals surface area contributed by atoms with Gasteiger partial charge in [-0.3, -0.25) is 0 Å². The number of aryl methyl sites for hydroxylation is 1. The Labute approximate surface area is 136 Å². The number of nitrogens with zero attached hydrogens (tertiary/aromatic N) is 2. The van der Waals surface area contributed by atoms with Crippen molar-refractivity contribution in [3.05, 3.63) is 40.4 Å². The molecule has 22 heavy (non-hydrogen) atoms. The van der Waals surface area contributed by atoms with Crippen molar-refractivity contribution in [3.8, 4) is 0 Å². The van der Waals surface area contributed by atoms with Crippen LogP contribution in [0.3, 0.4) is 0 Å². The number of hydrogen-bond acceptors (Lipinski definition) is 4. The molecule has 2 aromatic rings. The minimum atomic E-state index is -1.34. The first-order chi connectivity index (χ1) is 10.6. The van der Waals surface area contributed by atoms with E-state index < -0.39 is 20.1 Å². The van der Waals surface area contributed by atoms with Gasteiger partial charge in [0.05, 0.1) is 0 Å². The van der Waals surface area contributed by atoms with Crippen molar-refractivity contribution in [1.82, 2.24) is 18.4 Å². The van der Waals surface area contributed by atoms with Crippen LogP contribution in [-0.4, -0.2) is 41.6 Å². The molecule has 3 rings (SSSR count). The van der Waals surface area contributed by atoms with Gasteiger partial charge in [0.15, 0.2) is 0 Å². The Bertz CT molecular complexity index is 746. The third kappa shape index (κ3) is 3.30. The van der Waals surface area contributed by atoms with Gasteiger partial charge in [0.1, 0.15) is 0 Å². The van der Waals surface area contributed by atoms with Crippen molar-refractivity contribution >= 4 is 36.9 Å². The van der Waals surface area contributed by atoms with Crippen molar-refractivity contribution in [1.29, 1.82) is 0 Å². The first-order valence-electron chi connectivity index (χ1n) is 7.20. The van der Waals surface area contributed by atoms with Crippen molar-refractivity contribution < 1.29 is 4.79 Å². The van der Waals surface area contributed by atoms with Crippen molar-refractivity contribution in [3.63, 3.8) is 0 Å². The summed E-state index contributed by atoms with van der Waals surface area (Å²) in [6.45, 7) is 1.68. The minimum absolute atomic E-state index is 0.140. The van der Waals surface area contributed by atoms with Crippen LogP contribution in [0.25, 0.3) is 10.9 Å². The summed E-state index contributed by atoms with van der Waals surface area (Å²) in [5, 5.41) is 3.92. The molecule has 1 aliphatic rings. The first-order valence-corrected chi connectivity index (χ1v) is 11.8. The second kappa shape index (κ2) is 6.74. The normalized spacial score (nSPS) is 17.0. The molecule has 1 aromatic carbocycles. The average Bonchev–Trinajstić information content (AvgIpc) is 2.53. The van der Waals surface area contributed by atoms with Gasteiger partial charge in [-0.15, -0.1) is 0 Å². The first kappa shape index (κ1) is 15.4. The molecule has 0 unspecified atom stereocenters. The Morgan fingerprint density at radius 2 is 2.23 bits per heavy atom. The van der Waals surface area contributed by atoms with Crippen LogP contribution in [0.2, 0.25) is 0 Å². The second-order valence-electron chi connectivity index (χ2n) is 5.20. The summed E-state index contributed by atoms with van der Waals surface area (Å²) >= 11 is -1.34. The Morgan fingerprint density at radius 3 is 3.05 bits per heavy atom. The molecule has 1 fully saturated rings. The van der Waals surface area contributed by atoms with Crippen molar-refractivity contribution in [2.24, 2.45) is 0 Å². The predicted octanol–water partition coefficient (Wildman–Crippen LogP) is 1.30. The summed E-state index contributed by atoms with van der Waals surface area (Å²) in [7, 11) is 0. The molecular weight excluding hydrogens is 395 g/mol. The van der Waals surface area contributed by atoms with E-state index in [1.54, 1.807) is 6.07 Å². The third-order valence-electron chi connectivity index (χ3n) is 3.63. The number of benzene rings is 1. The van der Waals surface area contributed by atoms with Gasteiger partial charge in [-0.25, -0.2) is 0 Å². The molecule has 0 spiro atoms. The standard InChI is InChI=1S/C15H19IN4O2/c1-16-10-17-8-9-20(16)14(21)7-6-13-18-12-5-3-2-4-11(12)15(22)19-13/h2-5,17H,6-10H2,1H3,(H,18,19,22). The van der Waals surface area contributed by atoms with Gasteiger partial charge in [-0.05, 0) is 0 Å². The third-order valence-corrected chi connectivity index (χ3v) is 8.28. The number of H-pyrrole nitrogens is 1. The van der Waals surface area contributed by atoms with Gasteiger partial charge < -0.3 is 0 Å². The van der Waals surface area contributed by atoms with Crippen molar-refractivity contribution in [2.45, 2.75) is 12.8 Å². The summed E-state index contributed by atoms with van der Waals surface area (Å²) in [4.78, 5) is 33.8. The molecule has 1 saturated heterocycles. The number of halogens is 1.